The zero-order valence-corrected chi connectivity index (χ0v) is 13.2. The van der Waals surface area contributed by atoms with E-state index in [0.717, 1.165) is 5.56 Å². The predicted molar refractivity (Wildman–Crippen MR) is 88.8 cm³/mol. The molecule has 1 aromatic rings. The molecule has 0 aliphatic rings. The summed E-state index contributed by atoms with van der Waals surface area (Å²) in [6.07, 6.45) is 0.921. The molecule has 0 saturated heterocycles. The first-order chi connectivity index (χ1) is 11.3. The van der Waals surface area contributed by atoms with Crippen LogP contribution in [0.2, 0.25) is 0 Å². The normalized spacial score (nSPS) is 12.9. The van der Waals surface area contributed by atoms with Gasteiger partial charge in [0.2, 0.25) is 0 Å². The number of hydrogen-bond donors (Lipinski definition) is 5. The van der Waals surface area contributed by atoms with Gasteiger partial charge in [0.15, 0.2) is 5.96 Å². The molecule has 0 heterocycles. The molecule has 0 aliphatic heterocycles. The summed E-state index contributed by atoms with van der Waals surface area (Å²) >= 11 is 0. The zero-order valence-electron chi connectivity index (χ0n) is 13.2. The van der Waals surface area contributed by atoms with Crippen molar-refractivity contribution in [2.24, 2.45) is 27.9 Å². The maximum atomic E-state index is 11.8. The Labute approximate surface area is 139 Å². The van der Waals surface area contributed by atoms with E-state index in [1.54, 1.807) is 12.1 Å². The summed E-state index contributed by atoms with van der Waals surface area (Å²) in [5, 5.41) is 9.20. The van der Waals surface area contributed by atoms with Crippen LogP contribution in [0.5, 0.6) is 5.75 Å². The standard InChI is InChI=1S/C15H23N5O4/c16-11(2-1-7-20-15(18)19)13(22)24-14(23)12(17)8-9-3-5-10(21)6-4-9/h3-6,11-12,21H,1-2,7-8,16-17H2,(H4,18,19,20)/t11-,12-/m0/s1. The Morgan fingerprint density at radius 2 is 1.67 bits per heavy atom. The molecule has 0 bridgehead atoms. The molecule has 0 fully saturated rings. The molecule has 0 radical (unpaired) electrons. The lowest BCUT2D eigenvalue weighted by molar-refractivity contribution is -0.161. The van der Waals surface area contributed by atoms with Crippen LogP contribution in [0.3, 0.4) is 0 Å². The Bertz CT molecular complexity index is 584. The Morgan fingerprint density at radius 3 is 2.25 bits per heavy atom. The summed E-state index contributed by atoms with van der Waals surface area (Å²) in [5.41, 5.74) is 22.4. The third-order valence-electron chi connectivity index (χ3n) is 3.17. The highest BCUT2D eigenvalue weighted by atomic mass is 16.6. The fourth-order valence-corrected chi connectivity index (χ4v) is 1.86. The molecule has 1 aromatic carbocycles. The molecule has 0 saturated carbocycles. The van der Waals surface area contributed by atoms with Gasteiger partial charge in [-0.2, -0.15) is 0 Å². The number of benzene rings is 1. The predicted octanol–water partition coefficient (Wildman–Crippen LogP) is -1.29. The number of aliphatic imine (C=N–C) groups is 1. The lowest BCUT2D eigenvalue weighted by Gasteiger charge is -2.13. The number of phenolic OH excluding ortho intramolecular Hbond substituents is 1. The first kappa shape index (κ1) is 19.4. The summed E-state index contributed by atoms with van der Waals surface area (Å²) in [6.45, 7) is 0.331. The number of esters is 2. The topological polar surface area (TPSA) is 180 Å². The van der Waals surface area contributed by atoms with Crippen molar-refractivity contribution >= 4 is 17.9 Å². The number of phenols is 1. The van der Waals surface area contributed by atoms with Crippen molar-refractivity contribution < 1.29 is 19.4 Å². The van der Waals surface area contributed by atoms with E-state index < -0.39 is 24.0 Å². The van der Waals surface area contributed by atoms with Crippen LogP contribution >= 0.6 is 0 Å². The van der Waals surface area contributed by atoms with Gasteiger partial charge in [0.1, 0.15) is 17.8 Å². The van der Waals surface area contributed by atoms with Crippen molar-refractivity contribution in [3.63, 3.8) is 0 Å². The molecule has 2 atom stereocenters. The number of aromatic hydroxyl groups is 1. The Balaban J connectivity index is 2.40. The minimum Gasteiger partial charge on any atom is -0.508 e. The Morgan fingerprint density at radius 1 is 1.08 bits per heavy atom. The highest BCUT2D eigenvalue weighted by Crippen LogP contribution is 2.11. The second kappa shape index (κ2) is 9.48. The highest BCUT2D eigenvalue weighted by molar-refractivity contribution is 5.90. The summed E-state index contributed by atoms with van der Waals surface area (Å²) < 4.78 is 4.69. The molecule has 0 unspecified atom stereocenters. The fraction of sp³-hybridized carbons (Fsp3) is 0.400. The van der Waals surface area contributed by atoms with Crippen molar-refractivity contribution in [3.8, 4) is 5.75 Å². The zero-order chi connectivity index (χ0) is 18.1. The molecular formula is C15H23N5O4. The molecule has 24 heavy (non-hydrogen) atoms. The SMILES string of the molecule is NC(N)=NCCC[C@H](N)C(=O)OC(=O)[C@@H](N)Cc1ccc(O)cc1. The Kier molecular flexibility index (Phi) is 7.66. The van der Waals surface area contributed by atoms with Crippen molar-refractivity contribution in [3.05, 3.63) is 29.8 Å². The van der Waals surface area contributed by atoms with E-state index >= 15 is 0 Å². The van der Waals surface area contributed by atoms with Gasteiger partial charge in [-0.15, -0.1) is 0 Å². The van der Waals surface area contributed by atoms with Crippen LogP contribution < -0.4 is 22.9 Å². The first-order valence-corrected chi connectivity index (χ1v) is 7.39. The number of nitrogens with two attached hydrogens (primary N) is 4. The van der Waals surface area contributed by atoms with Crippen LogP contribution in [0, 0.1) is 0 Å². The average Bonchev–Trinajstić information content (AvgIpc) is 2.53. The summed E-state index contributed by atoms with van der Waals surface area (Å²) in [7, 11) is 0. The van der Waals surface area contributed by atoms with Crippen LogP contribution in [0.1, 0.15) is 18.4 Å². The van der Waals surface area contributed by atoms with Gasteiger partial charge in [0, 0.05) is 6.54 Å². The van der Waals surface area contributed by atoms with Crippen LogP contribution in [0.25, 0.3) is 0 Å². The molecule has 9 heteroatoms. The molecule has 0 aromatic heterocycles. The Hall–Kier alpha value is -2.65. The van der Waals surface area contributed by atoms with Crippen molar-refractivity contribution in [2.45, 2.75) is 31.3 Å². The van der Waals surface area contributed by atoms with Crippen LogP contribution in [-0.2, 0) is 20.7 Å². The number of ether oxygens (including phenoxy) is 1. The lowest BCUT2D eigenvalue weighted by Crippen LogP contribution is -2.40. The van der Waals surface area contributed by atoms with Crippen LogP contribution in [0.4, 0.5) is 0 Å². The van der Waals surface area contributed by atoms with E-state index in [0.29, 0.717) is 13.0 Å². The molecule has 0 amide bonds. The molecule has 0 aliphatic carbocycles. The minimum atomic E-state index is -1.01. The van der Waals surface area contributed by atoms with Crippen molar-refractivity contribution in [2.75, 3.05) is 6.54 Å². The van der Waals surface area contributed by atoms with E-state index in [1.807, 2.05) is 0 Å². The number of hydrogen-bond acceptors (Lipinski definition) is 7. The highest BCUT2D eigenvalue weighted by Gasteiger charge is 2.23. The van der Waals surface area contributed by atoms with Gasteiger partial charge in [0.25, 0.3) is 0 Å². The summed E-state index contributed by atoms with van der Waals surface area (Å²) in [4.78, 5) is 27.3. The molecular weight excluding hydrogens is 314 g/mol. The minimum absolute atomic E-state index is 0.0402. The third-order valence-corrected chi connectivity index (χ3v) is 3.17. The third kappa shape index (κ3) is 7.07. The molecule has 0 spiro atoms. The number of guanidine groups is 1. The second-order valence-electron chi connectivity index (χ2n) is 5.27. The smallest absolute Gasteiger partial charge is 0.330 e. The van der Waals surface area contributed by atoms with Crippen molar-refractivity contribution in [1.29, 1.82) is 0 Å². The van der Waals surface area contributed by atoms with Gasteiger partial charge in [-0.05, 0) is 37.0 Å². The molecule has 132 valence electrons. The van der Waals surface area contributed by atoms with Crippen molar-refractivity contribution in [1.82, 2.24) is 0 Å². The monoisotopic (exact) mass is 337 g/mol. The van der Waals surface area contributed by atoms with Gasteiger partial charge in [-0.3, -0.25) is 4.99 Å². The van der Waals surface area contributed by atoms with E-state index in [4.69, 9.17) is 22.9 Å². The van der Waals surface area contributed by atoms with Gasteiger partial charge in [0.05, 0.1) is 0 Å². The number of carbonyl (C=O) groups is 2. The largest absolute Gasteiger partial charge is 0.508 e. The number of nitrogens with zero attached hydrogens (tertiary/aromatic N) is 1. The van der Waals surface area contributed by atoms with Gasteiger partial charge in [-0.1, -0.05) is 12.1 Å². The lowest BCUT2D eigenvalue weighted by atomic mass is 10.1. The fourth-order valence-electron chi connectivity index (χ4n) is 1.86. The first-order valence-electron chi connectivity index (χ1n) is 7.39. The maximum Gasteiger partial charge on any atom is 0.330 e. The van der Waals surface area contributed by atoms with E-state index in [2.05, 4.69) is 9.73 Å². The molecule has 1 rings (SSSR count). The van der Waals surface area contributed by atoms with Crippen LogP contribution in [0.15, 0.2) is 29.3 Å². The number of rotatable bonds is 8. The van der Waals surface area contributed by atoms with Crippen LogP contribution in [-0.4, -0.2) is 41.6 Å². The summed E-state index contributed by atoms with van der Waals surface area (Å²) in [5.74, 6) is -1.63. The van der Waals surface area contributed by atoms with E-state index in [9.17, 15) is 14.7 Å². The van der Waals surface area contributed by atoms with Gasteiger partial charge in [-0.25, -0.2) is 9.59 Å². The number of carbonyl (C=O) groups excluding carboxylic acids is 2. The molecule has 9 nitrogen and oxygen atoms in total. The van der Waals surface area contributed by atoms with E-state index in [-0.39, 0.29) is 24.6 Å². The quantitative estimate of drug-likeness (QED) is 0.128. The summed E-state index contributed by atoms with van der Waals surface area (Å²) in [6, 6.07) is 4.24. The maximum absolute atomic E-state index is 11.8. The average molecular weight is 337 g/mol. The van der Waals surface area contributed by atoms with Gasteiger partial charge < -0.3 is 32.8 Å². The molecule has 9 N–H and O–H groups in total. The second-order valence-corrected chi connectivity index (χ2v) is 5.27. The van der Waals surface area contributed by atoms with E-state index in [1.165, 1.54) is 12.1 Å². The van der Waals surface area contributed by atoms with Gasteiger partial charge >= 0.3 is 11.9 Å².